The molecule has 3 rings (SSSR count). The molecule has 0 bridgehead atoms. The van der Waals surface area contributed by atoms with Crippen LogP contribution in [0.1, 0.15) is 18.5 Å². The molecule has 0 aliphatic carbocycles. The van der Waals surface area contributed by atoms with E-state index in [1.807, 2.05) is 0 Å². The summed E-state index contributed by atoms with van der Waals surface area (Å²) >= 11 is 0. The Morgan fingerprint density at radius 1 is 1.28 bits per heavy atom. The third kappa shape index (κ3) is 3.17. The first kappa shape index (κ1) is 17.2. The van der Waals surface area contributed by atoms with Gasteiger partial charge in [-0.1, -0.05) is 0 Å². The van der Waals surface area contributed by atoms with Gasteiger partial charge in [0.25, 0.3) is 5.91 Å². The van der Waals surface area contributed by atoms with Crippen LogP contribution in [0, 0.1) is 0 Å². The van der Waals surface area contributed by atoms with Crippen molar-refractivity contribution in [1.82, 2.24) is 20.6 Å². The number of hydrogen-bond acceptors (Lipinski definition) is 6. The monoisotopic (exact) mass is 358 g/mol. The van der Waals surface area contributed by atoms with Crippen molar-refractivity contribution in [2.45, 2.75) is 24.6 Å². The number of anilines is 2. The van der Waals surface area contributed by atoms with Gasteiger partial charge in [0.15, 0.2) is 5.69 Å². The van der Waals surface area contributed by atoms with Crippen LogP contribution in [0.25, 0.3) is 0 Å². The second kappa shape index (κ2) is 5.74. The predicted molar refractivity (Wildman–Crippen MR) is 82.2 cm³/mol. The highest BCUT2D eigenvalue weighted by Crippen LogP contribution is 2.32. The van der Waals surface area contributed by atoms with E-state index in [1.54, 1.807) is 14.1 Å². The minimum atomic E-state index is -4.62. The van der Waals surface area contributed by atoms with Crippen LogP contribution in [-0.4, -0.2) is 54.6 Å². The van der Waals surface area contributed by atoms with Crippen LogP contribution in [0.5, 0.6) is 0 Å². The first-order chi connectivity index (χ1) is 11.6. The molecule has 2 saturated heterocycles. The van der Waals surface area contributed by atoms with Crippen molar-refractivity contribution in [1.29, 1.82) is 0 Å². The predicted octanol–water partition coefficient (Wildman–Crippen LogP) is 0.740. The molecule has 1 aromatic rings. The Balaban J connectivity index is 1.96. The number of rotatable bonds is 2. The summed E-state index contributed by atoms with van der Waals surface area (Å²) in [4.78, 5) is 34.3. The second-order valence-electron chi connectivity index (χ2n) is 6.32. The Bertz CT molecular complexity index is 723. The zero-order chi connectivity index (χ0) is 18.4. The normalized spacial score (nSPS) is 23.6. The lowest BCUT2D eigenvalue weighted by Crippen LogP contribution is -2.59. The smallest absolute Gasteiger partial charge is 0.363 e. The molecular formula is C14H17F3N6O2. The molecule has 25 heavy (non-hydrogen) atoms. The topological polar surface area (TPSA) is 90.5 Å². The molecule has 136 valence electrons. The van der Waals surface area contributed by atoms with Gasteiger partial charge in [-0.3, -0.25) is 10.1 Å². The number of aromatic nitrogens is 2. The van der Waals surface area contributed by atoms with Crippen LogP contribution in [-0.2, 0) is 11.0 Å². The molecule has 0 aromatic carbocycles. The van der Waals surface area contributed by atoms with Crippen molar-refractivity contribution < 1.29 is 22.8 Å². The molecular weight excluding hydrogens is 341 g/mol. The molecule has 11 heteroatoms. The van der Waals surface area contributed by atoms with E-state index in [0.29, 0.717) is 19.4 Å². The number of imide groups is 1. The van der Waals surface area contributed by atoms with Crippen molar-refractivity contribution in [3.63, 3.8) is 0 Å². The van der Waals surface area contributed by atoms with E-state index in [0.717, 1.165) is 6.07 Å². The van der Waals surface area contributed by atoms with Crippen molar-refractivity contribution in [2.24, 2.45) is 0 Å². The highest BCUT2D eigenvalue weighted by atomic mass is 19.4. The molecule has 2 N–H and O–H groups in total. The van der Waals surface area contributed by atoms with Gasteiger partial charge in [0, 0.05) is 26.7 Å². The first-order valence-corrected chi connectivity index (χ1v) is 7.63. The maximum Gasteiger partial charge on any atom is 0.433 e. The van der Waals surface area contributed by atoms with E-state index in [4.69, 9.17) is 0 Å². The number of urea groups is 1. The summed E-state index contributed by atoms with van der Waals surface area (Å²) < 4.78 is 39.4. The molecule has 0 saturated carbocycles. The maximum absolute atomic E-state index is 13.1. The van der Waals surface area contributed by atoms with Crippen LogP contribution in [0.2, 0.25) is 0 Å². The van der Waals surface area contributed by atoms with E-state index < -0.39 is 29.3 Å². The highest BCUT2D eigenvalue weighted by molar-refractivity contribution is 6.07. The first-order valence-electron chi connectivity index (χ1n) is 7.63. The highest BCUT2D eigenvalue weighted by Gasteiger charge is 2.49. The molecule has 2 aliphatic heterocycles. The third-order valence-corrected chi connectivity index (χ3v) is 4.24. The van der Waals surface area contributed by atoms with Crippen LogP contribution in [0.4, 0.5) is 29.7 Å². The number of hydrogen-bond donors (Lipinski definition) is 2. The molecule has 0 radical (unpaired) electrons. The SMILES string of the molecule is CN(C)c1cc(C(F)(F)F)nc(N2CCCC3(C2)NC(=O)NC3=O)n1. The lowest BCUT2D eigenvalue weighted by Gasteiger charge is -2.38. The number of alkyl halides is 3. The molecule has 3 amide bonds. The van der Waals surface area contributed by atoms with Gasteiger partial charge in [-0.25, -0.2) is 9.78 Å². The molecule has 1 spiro atoms. The number of nitrogens with zero attached hydrogens (tertiary/aromatic N) is 4. The van der Waals surface area contributed by atoms with Crippen molar-refractivity contribution in [3.8, 4) is 0 Å². The van der Waals surface area contributed by atoms with Crippen molar-refractivity contribution >= 4 is 23.7 Å². The van der Waals surface area contributed by atoms with E-state index in [2.05, 4.69) is 20.6 Å². The minimum Gasteiger partial charge on any atom is -0.363 e. The minimum absolute atomic E-state index is 0.0127. The summed E-state index contributed by atoms with van der Waals surface area (Å²) in [6.07, 6.45) is -3.71. The number of nitrogens with one attached hydrogen (secondary N) is 2. The summed E-state index contributed by atoms with van der Waals surface area (Å²) in [6, 6.07) is 0.263. The van der Waals surface area contributed by atoms with E-state index >= 15 is 0 Å². The lowest BCUT2D eigenvalue weighted by molar-refractivity contribution is -0.141. The van der Waals surface area contributed by atoms with E-state index in [1.165, 1.54) is 9.80 Å². The van der Waals surface area contributed by atoms with E-state index in [9.17, 15) is 22.8 Å². The number of piperidine rings is 1. The molecule has 8 nitrogen and oxygen atoms in total. The van der Waals surface area contributed by atoms with Gasteiger partial charge < -0.3 is 15.1 Å². The largest absolute Gasteiger partial charge is 0.433 e. The Labute approximate surface area is 141 Å². The third-order valence-electron chi connectivity index (χ3n) is 4.24. The lowest BCUT2D eigenvalue weighted by atomic mass is 9.89. The summed E-state index contributed by atoms with van der Waals surface area (Å²) in [5.74, 6) is -0.495. The Morgan fingerprint density at radius 2 is 2.00 bits per heavy atom. The molecule has 3 heterocycles. The Morgan fingerprint density at radius 3 is 2.56 bits per heavy atom. The number of halogens is 3. The zero-order valence-corrected chi connectivity index (χ0v) is 13.6. The van der Waals surface area contributed by atoms with Crippen molar-refractivity contribution in [2.75, 3.05) is 37.0 Å². The van der Waals surface area contributed by atoms with E-state index in [-0.39, 0.29) is 18.3 Å². The average Bonchev–Trinajstić information content (AvgIpc) is 2.79. The molecule has 2 fully saturated rings. The molecule has 1 atom stereocenters. The summed E-state index contributed by atoms with van der Waals surface area (Å²) in [5, 5.41) is 4.74. The van der Waals surface area contributed by atoms with Gasteiger partial charge in [-0.15, -0.1) is 0 Å². The van der Waals surface area contributed by atoms with Crippen molar-refractivity contribution in [3.05, 3.63) is 11.8 Å². The quantitative estimate of drug-likeness (QED) is 0.758. The van der Waals surface area contributed by atoms with Gasteiger partial charge >= 0.3 is 12.2 Å². The average molecular weight is 358 g/mol. The van der Waals surface area contributed by atoms with Gasteiger partial charge in [0.1, 0.15) is 11.4 Å². The van der Waals surface area contributed by atoms with Crippen LogP contribution in [0.3, 0.4) is 0 Å². The maximum atomic E-state index is 13.1. The van der Waals surface area contributed by atoms with Crippen LogP contribution in [0.15, 0.2) is 6.07 Å². The Hall–Kier alpha value is -2.59. The van der Waals surface area contributed by atoms with Gasteiger partial charge in [0.05, 0.1) is 6.54 Å². The zero-order valence-electron chi connectivity index (χ0n) is 13.6. The molecule has 2 aliphatic rings. The van der Waals surface area contributed by atoms with Crippen LogP contribution >= 0.6 is 0 Å². The fourth-order valence-corrected chi connectivity index (χ4v) is 2.98. The van der Waals surface area contributed by atoms with Gasteiger partial charge in [0.2, 0.25) is 5.95 Å². The summed E-state index contributed by atoms with van der Waals surface area (Å²) in [5.41, 5.74) is -2.22. The Kier molecular flexibility index (Phi) is 3.96. The standard InChI is InChI=1S/C14H17F3N6O2/c1-22(2)9-6-8(14(15,16)17)18-11(19-9)23-5-3-4-13(7-23)10(24)20-12(25)21-13/h6H,3-5,7H2,1-2H3,(H2,20,21,24,25). The van der Waals surface area contributed by atoms with Crippen LogP contribution < -0.4 is 20.4 Å². The fourth-order valence-electron chi connectivity index (χ4n) is 2.98. The number of carbonyl (C=O) groups is 2. The second-order valence-corrected chi connectivity index (χ2v) is 6.32. The summed E-state index contributed by atoms with van der Waals surface area (Å²) in [7, 11) is 3.16. The number of carbonyl (C=O) groups excluding carboxylic acids is 2. The number of amides is 3. The summed E-state index contributed by atoms with van der Waals surface area (Å²) in [6.45, 7) is 0.401. The fraction of sp³-hybridized carbons (Fsp3) is 0.571. The van der Waals surface area contributed by atoms with Gasteiger partial charge in [-0.2, -0.15) is 18.2 Å². The van der Waals surface area contributed by atoms with Gasteiger partial charge in [-0.05, 0) is 12.8 Å². The molecule has 1 aromatic heterocycles. The molecule has 1 unspecified atom stereocenters.